The molecule has 0 atom stereocenters. The lowest BCUT2D eigenvalue weighted by Gasteiger charge is -2.42. The van der Waals surface area contributed by atoms with Crippen molar-refractivity contribution in [3.8, 4) is 0 Å². The lowest BCUT2D eigenvalue weighted by molar-refractivity contribution is -0.459. The van der Waals surface area contributed by atoms with Gasteiger partial charge in [-0.15, -0.1) is 0 Å². The summed E-state index contributed by atoms with van der Waals surface area (Å²) >= 11 is 0. The highest BCUT2D eigenvalue weighted by Crippen LogP contribution is 2.63. The first kappa shape index (κ1) is 30.5. The minimum Gasteiger partial charge on any atom is -0.347 e. The van der Waals surface area contributed by atoms with Crippen LogP contribution in [0.2, 0.25) is 0 Å². The van der Waals surface area contributed by atoms with Gasteiger partial charge in [0.25, 0.3) is 5.91 Å². The van der Waals surface area contributed by atoms with E-state index in [2.05, 4.69) is 0 Å². The summed E-state index contributed by atoms with van der Waals surface area (Å²) in [6.45, 7) is -1.18. The van der Waals surface area contributed by atoms with Crippen LogP contribution in [0.5, 0.6) is 0 Å². The molecule has 19 heteroatoms. The predicted molar refractivity (Wildman–Crippen MR) is 79.0 cm³/mol. The van der Waals surface area contributed by atoms with Crippen molar-refractivity contribution in [1.29, 1.82) is 0 Å². The summed E-state index contributed by atoms with van der Waals surface area (Å²) in [5.41, 5.74) is -0.197. The third kappa shape index (κ3) is 4.34. The van der Waals surface area contributed by atoms with E-state index in [0.717, 1.165) is 17.4 Å². The number of nitrogens with one attached hydrogen (secondary N) is 1. The molecule has 0 saturated heterocycles. The molecule has 1 amide bonds. The summed E-state index contributed by atoms with van der Waals surface area (Å²) in [6.07, 6.45) is -7.82. The molecular formula is C16H8F17NO. The first-order valence-electron chi connectivity index (χ1n) is 8.28. The Labute approximate surface area is 182 Å². The molecule has 0 aromatic heterocycles. The van der Waals surface area contributed by atoms with Gasteiger partial charge in [-0.3, -0.25) is 4.79 Å². The number of halogens is 17. The van der Waals surface area contributed by atoms with E-state index >= 15 is 0 Å². The van der Waals surface area contributed by atoms with E-state index in [1.165, 1.54) is 18.2 Å². The Morgan fingerprint density at radius 2 is 0.886 bits per heavy atom. The number of carbonyl (C=O) groups excluding carboxylic acids is 1. The van der Waals surface area contributed by atoms with Gasteiger partial charge in [0, 0.05) is 6.54 Å². The smallest absolute Gasteiger partial charge is 0.347 e. The molecule has 35 heavy (non-hydrogen) atoms. The van der Waals surface area contributed by atoms with E-state index < -0.39 is 60.1 Å². The van der Waals surface area contributed by atoms with E-state index in [1.54, 1.807) is 0 Å². The number of carbonyl (C=O) groups is 1. The van der Waals surface area contributed by atoms with Gasteiger partial charge in [-0.1, -0.05) is 30.3 Å². The van der Waals surface area contributed by atoms with Gasteiger partial charge in [0.1, 0.15) is 0 Å². The van der Waals surface area contributed by atoms with Crippen LogP contribution in [0, 0.1) is 0 Å². The molecule has 0 aliphatic carbocycles. The summed E-state index contributed by atoms with van der Waals surface area (Å²) in [4.78, 5) is 11.3. The standard InChI is InChI=1S/C16H8F17NO/c17-9(18,8(35)34-6-7-4-2-1-3-5-7)10(19,20)11(21,22)12(23,24)13(25,26)14(27,28)15(29,30)16(31,32)33/h1-5H,6H2,(H,34,35). The van der Waals surface area contributed by atoms with Crippen molar-refractivity contribution < 1.29 is 79.4 Å². The largest absolute Gasteiger partial charge is 0.460 e. The van der Waals surface area contributed by atoms with Gasteiger partial charge in [-0.2, -0.15) is 74.6 Å². The molecule has 1 rings (SSSR count). The van der Waals surface area contributed by atoms with Crippen molar-refractivity contribution in [2.45, 2.75) is 54.2 Å². The highest BCUT2D eigenvalue weighted by atomic mass is 19.4. The molecule has 202 valence electrons. The maximum atomic E-state index is 13.7. The zero-order valence-corrected chi connectivity index (χ0v) is 15.9. The van der Waals surface area contributed by atoms with Crippen LogP contribution in [-0.2, 0) is 11.3 Å². The van der Waals surface area contributed by atoms with Crippen LogP contribution in [0.1, 0.15) is 5.56 Å². The van der Waals surface area contributed by atoms with Crippen molar-refractivity contribution in [1.82, 2.24) is 5.32 Å². The van der Waals surface area contributed by atoms with Crippen LogP contribution >= 0.6 is 0 Å². The Hall–Kier alpha value is -2.50. The van der Waals surface area contributed by atoms with E-state index in [9.17, 15) is 79.4 Å². The molecule has 0 bridgehead atoms. The van der Waals surface area contributed by atoms with E-state index in [0.29, 0.717) is 0 Å². The van der Waals surface area contributed by atoms with E-state index in [-0.39, 0.29) is 5.56 Å². The number of alkyl halides is 17. The Morgan fingerprint density at radius 3 is 1.26 bits per heavy atom. The van der Waals surface area contributed by atoms with Crippen molar-refractivity contribution in [2.75, 3.05) is 0 Å². The molecule has 1 aromatic carbocycles. The highest BCUT2D eigenvalue weighted by Gasteiger charge is 2.95. The quantitative estimate of drug-likeness (QED) is 0.357. The SMILES string of the molecule is O=C(NCc1ccccc1)C(F)(F)C(F)(F)C(F)(F)C(F)(F)C(F)(F)C(F)(F)C(F)(F)C(F)(F)F. The number of amides is 1. The van der Waals surface area contributed by atoms with Crippen molar-refractivity contribution >= 4 is 5.91 Å². The van der Waals surface area contributed by atoms with Gasteiger partial charge in [-0.25, -0.2) is 0 Å². The summed E-state index contributed by atoms with van der Waals surface area (Å²) in [6, 6.07) is 5.67. The molecule has 1 N–H and O–H groups in total. The van der Waals surface area contributed by atoms with Gasteiger partial charge < -0.3 is 5.32 Å². The number of hydrogen-bond donors (Lipinski definition) is 1. The molecular weight excluding hydrogens is 545 g/mol. The normalized spacial score (nSPS) is 15.2. The van der Waals surface area contributed by atoms with Gasteiger partial charge in [0.05, 0.1) is 0 Å². The van der Waals surface area contributed by atoms with Crippen LogP contribution in [0.15, 0.2) is 30.3 Å². The average molecular weight is 553 g/mol. The second kappa shape index (κ2) is 8.56. The number of hydrogen-bond acceptors (Lipinski definition) is 1. The topological polar surface area (TPSA) is 29.1 Å². The van der Waals surface area contributed by atoms with Crippen molar-refractivity contribution in [3.63, 3.8) is 0 Å². The molecule has 0 aliphatic heterocycles. The van der Waals surface area contributed by atoms with Crippen LogP contribution in [-0.4, -0.2) is 53.5 Å². The molecule has 0 aliphatic rings. The molecule has 1 aromatic rings. The monoisotopic (exact) mass is 553 g/mol. The fourth-order valence-electron chi connectivity index (χ4n) is 2.20. The molecule has 2 nitrogen and oxygen atoms in total. The second-order valence-corrected chi connectivity index (χ2v) is 6.69. The van der Waals surface area contributed by atoms with Crippen LogP contribution < -0.4 is 5.32 Å². The third-order valence-corrected chi connectivity index (χ3v) is 4.30. The summed E-state index contributed by atoms with van der Waals surface area (Å²) in [5.74, 6) is -61.5. The number of benzene rings is 1. The molecule has 0 radical (unpaired) electrons. The first-order chi connectivity index (χ1) is 15.2. The van der Waals surface area contributed by atoms with Gasteiger partial charge in [-0.05, 0) is 5.56 Å². The molecule has 0 heterocycles. The minimum atomic E-state index is -8.73. The van der Waals surface area contributed by atoms with Crippen molar-refractivity contribution in [3.05, 3.63) is 35.9 Å². The fraction of sp³-hybridized carbons (Fsp3) is 0.562. The van der Waals surface area contributed by atoms with E-state index in [1.807, 2.05) is 0 Å². The lowest BCUT2D eigenvalue weighted by Crippen LogP contribution is -2.75. The Balaban J connectivity index is 3.47. The van der Waals surface area contributed by atoms with Gasteiger partial charge in [0.15, 0.2) is 0 Å². The lowest BCUT2D eigenvalue weighted by atomic mass is 9.89. The summed E-state index contributed by atoms with van der Waals surface area (Å²) in [7, 11) is 0. The van der Waals surface area contributed by atoms with Gasteiger partial charge >= 0.3 is 47.6 Å². The maximum Gasteiger partial charge on any atom is 0.460 e. The highest BCUT2D eigenvalue weighted by molar-refractivity contribution is 5.84. The predicted octanol–water partition coefficient (Wildman–Crippen LogP) is 6.31. The van der Waals surface area contributed by atoms with E-state index in [4.69, 9.17) is 0 Å². The zero-order valence-electron chi connectivity index (χ0n) is 15.9. The summed E-state index contributed by atoms with van der Waals surface area (Å²) in [5, 5.41) is 0.830. The molecule has 0 spiro atoms. The average Bonchev–Trinajstić information content (AvgIpc) is 2.70. The summed E-state index contributed by atoms with van der Waals surface area (Å²) < 4.78 is 223. The molecule has 0 saturated carbocycles. The first-order valence-corrected chi connectivity index (χ1v) is 8.28. The second-order valence-electron chi connectivity index (χ2n) is 6.69. The van der Waals surface area contributed by atoms with Crippen LogP contribution in [0.25, 0.3) is 0 Å². The third-order valence-electron chi connectivity index (χ3n) is 4.30. The van der Waals surface area contributed by atoms with Crippen LogP contribution in [0.4, 0.5) is 74.6 Å². The van der Waals surface area contributed by atoms with Crippen LogP contribution in [0.3, 0.4) is 0 Å². The fourth-order valence-corrected chi connectivity index (χ4v) is 2.20. The molecule has 0 unspecified atom stereocenters. The van der Waals surface area contributed by atoms with Crippen molar-refractivity contribution in [2.24, 2.45) is 0 Å². The Kier molecular flexibility index (Phi) is 7.47. The molecule has 0 fully saturated rings. The Morgan fingerprint density at radius 1 is 0.543 bits per heavy atom. The number of rotatable bonds is 9. The maximum absolute atomic E-state index is 13.7. The zero-order chi connectivity index (χ0) is 28.1. The Bertz CT molecular complexity index is 906. The van der Waals surface area contributed by atoms with Gasteiger partial charge in [0.2, 0.25) is 0 Å². The minimum absolute atomic E-state index is 0.197.